The van der Waals surface area contributed by atoms with Gasteiger partial charge in [0.15, 0.2) is 0 Å². The molecule has 0 radical (unpaired) electrons. The summed E-state index contributed by atoms with van der Waals surface area (Å²) in [4.78, 5) is 13.0. The van der Waals surface area contributed by atoms with E-state index in [1.54, 1.807) is 0 Å². The summed E-state index contributed by atoms with van der Waals surface area (Å²) in [6, 6.07) is 9.92. The van der Waals surface area contributed by atoms with Crippen LogP contribution in [0, 0.1) is 11.3 Å². The second kappa shape index (κ2) is 5.27. The molecule has 120 valence electrons. The Morgan fingerprint density at radius 1 is 1.27 bits per heavy atom. The van der Waals surface area contributed by atoms with Crippen LogP contribution in [0.25, 0.3) is 0 Å². The lowest BCUT2D eigenvalue weighted by atomic mass is 9.72. The Balaban J connectivity index is 1.90. The molecule has 0 spiro atoms. The predicted octanol–water partition coefficient (Wildman–Crippen LogP) is 3.15. The Kier molecular flexibility index (Phi) is 3.68. The number of carbonyl (C=O) groups is 1. The van der Waals surface area contributed by atoms with E-state index in [1.165, 1.54) is 10.5 Å². The van der Waals surface area contributed by atoms with Gasteiger partial charge in [-0.05, 0) is 37.2 Å². The van der Waals surface area contributed by atoms with Gasteiger partial charge in [0.1, 0.15) is 0 Å². The molecule has 2 N–H and O–H groups in total. The van der Waals surface area contributed by atoms with E-state index in [9.17, 15) is 15.0 Å². The van der Waals surface area contributed by atoms with Crippen LogP contribution in [0.2, 0.25) is 0 Å². The van der Waals surface area contributed by atoms with Crippen LogP contribution in [0.15, 0.2) is 30.3 Å². The number of hydrogen-bond donors (Lipinski definition) is 2. The third kappa shape index (κ3) is 2.30. The number of carboxylic acid groups (broad SMARTS) is 1. The maximum absolute atomic E-state index is 11.5. The van der Waals surface area contributed by atoms with Gasteiger partial charge in [-0.1, -0.05) is 44.2 Å². The summed E-state index contributed by atoms with van der Waals surface area (Å²) in [7, 11) is 0. The zero-order valence-electron chi connectivity index (χ0n) is 13.3. The second-order valence-electron chi connectivity index (χ2n) is 7.28. The Hall–Kier alpha value is -1.55. The van der Waals surface area contributed by atoms with Crippen molar-refractivity contribution in [3.05, 3.63) is 35.9 Å². The number of amides is 1. The molecule has 0 bridgehead atoms. The average Bonchev–Trinajstić information content (AvgIpc) is 3.15. The van der Waals surface area contributed by atoms with E-state index in [0.29, 0.717) is 13.0 Å². The molecule has 4 nitrogen and oxygen atoms in total. The molecule has 2 aliphatic rings. The minimum absolute atomic E-state index is 0.108. The van der Waals surface area contributed by atoms with E-state index < -0.39 is 11.7 Å². The Labute approximate surface area is 131 Å². The van der Waals surface area contributed by atoms with Crippen LogP contribution in [0.1, 0.15) is 38.7 Å². The highest BCUT2D eigenvalue weighted by Crippen LogP contribution is 2.61. The molecule has 1 aromatic rings. The van der Waals surface area contributed by atoms with Crippen LogP contribution < -0.4 is 0 Å². The van der Waals surface area contributed by atoms with Crippen molar-refractivity contribution < 1.29 is 15.0 Å². The van der Waals surface area contributed by atoms with Crippen molar-refractivity contribution in [2.75, 3.05) is 6.54 Å². The van der Waals surface area contributed by atoms with Gasteiger partial charge >= 0.3 is 6.09 Å². The van der Waals surface area contributed by atoms with Crippen LogP contribution in [0.4, 0.5) is 4.79 Å². The van der Waals surface area contributed by atoms with Crippen LogP contribution in [0.5, 0.6) is 0 Å². The standard InChI is InChI=1S/C18H25NO3/c1-13(2)15-18(22,10-11-19(15)16(20)21)17(8-9-17)12-14-6-4-3-5-7-14/h3-7,13,15,22H,8-12H2,1-2H3,(H,20,21)/t15-,18+/m0/s1. The first-order chi connectivity index (χ1) is 10.4. The molecule has 1 amide bonds. The number of nitrogens with zero attached hydrogens (tertiary/aromatic N) is 1. The molecular weight excluding hydrogens is 278 g/mol. The van der Waals surface area contributed by atoms with Crippen molar-refractivity contribution in [2.24, 2.45) is 11.3 Å². The van der Waals surface area contributed by atoms with Gasteiger partial charge in [-0.3, -0.25) is 0 Å². The smallest absolute Gasteiger partial charge is 0.407 e. The number of likely N-dealkylation sites (tertiary alicyclic amines) is 1. The third-order valence-electron chi connectivity index (χ3n) is 5.59. The lowest BCUT2D eigenvalue weighted by Gasteiger charge is -2.42. The summed E-state index contributed by atoms with van der Waals surface area (Å²) in [5.41, 5.74) is 0.160. The van der Waals surface area contributed by atoms with Crippen molar-refractivity contribution in [1.29, 1.82) is 0 Å². The third-order valence-corrected chi connectivity index (χ3v) is 5.59. The molecule has 1 aromatic carbocycles. The van der Waals surface area contributed by atoms with Gasteiger partial charge in [-0.2, -0.15) is 0 Å². The van der Waals surface area contributed by atoms with Crippen molar-refractivity contribution >= 4 is 6.09 Å². The van der Waals surface area contributed by atoms with Gasteiger partial charge in [0.05, 0.1) is 11.6 Å². The fourth-order valence-electron chi connectivity index (χ4n) is 4.44. The number of hydrogen-bond acceptors (Lipinski definition) is 2. The molecule has 1 saturated carbocycles. The molecule has 1 heterocycles. The highest BCUT2D eigenvalue weighted by molar-refractivity contribution is 5.66. The quantitative estimate of drug-likeness (QED) is 0.898. The first-order valence-corrected chi connectivity index (χ1v) is 8.15. The van der Waals surface area contributed by atoms with E-state index >= 15 is 0 Å². The highest BCUT2D eigenvalue weighted by atomic mass is 16.4. The molecule has 4 heteroatoms. The molecule has 2 atom stereocenters. The van der Waals surface area contributed by atoms with E-state index in [-0.39, 0.29) is 17.4 Å². The van der Waals surface area contributed by atoms with E-state index in [4.69, 9.17) is 0 Å². The van der Waals surface area contributed by atoms with E-state index in [0.717, 1.165) is 19.3 Å². The zero-order chi connectivity index (χ0) is 16.0. The van der Waals surface area contributed by atoms with Gasteiger partial charge in [0.25, 0.3) is 0 Å². The lowest BCUT2D eigenvalue weighted by molar-refractivity contribution is -0.0708. The lowest BCUT2D eigenvalue weighted by Crippen LogP contribution is -2.55. The fraction of sp³-hybridized carbons (Fsp3) is 0.611. The molecule has 0 unspecified atom stereocenters. The second-order valence-corrected chi connectivity index (χ2v) is 7.28. The summed E-state index contributed by atoms with van der Waals surface area (Å²) in [5.74, 6) is 0.108. The first-order valence-electron chi connectivity index (χ1n) is 8.15. The number of aliphatic hydroxyl groups is 1. The molecule has 0 aromatic heterocycles. The van der Waals surface area contributed by atoms with E-state index in [1.807, 2.05) is 32.0 Å². The van der Waals surface area contributed by atoms with Crippen molar-refractivity contribution in [1.82, 2.24) is 4.90 Å². The van der Waals surface area contributed by atoms with Crippen molar-refractivity contribution in [3.63, 3.8) is 0 Å². The maximum Gasteiger partial charge on any atom is 0.407 e. The van der Waals surface area contributed by atoms with Crippen LogP contribution >= 0.6 is 0 Å². The van der Waals surface area contributed by atoms with Gasteiger partial charge in [0, 0.05) is 12.0 Å². The van der Waals surface area contributed by atoms with E-state index in [2.05, 4.69) is 12.1 Å². The summed E-state index contributed by atoms with van der Waals surface area (Å²) >= 11 is 0. The zero-order valence-corrected chi connectivity index (χ0v) is 13.3. The monoisotopic (exact) mass is 303 g/mol. The van der Waals surface area contributed by atoms with Crippen LogP contribution in [0.3, 0.4) is 0 Å². The van der Waals surface area contributed by atoms with Gasteiger partial charge < -0.3 is 15.1 Å². The van der Waals surface area contributed by atoms with Crippen molar-refractivity contribution in [2.45, 2.75) is 51.2 Å². The Bertz CT molecular complexity index is 553. The molecule has 1 aliphatic heterocycles. The Morgan fingerprint density at radius 2 is 1.91 bits per heavy atom. The maximum atomic E-state index is 11.5. The molecule has 2 fully saturated rings. The summed E-state index contributed by atoms with van der Waals surface area (Å²) in [6.07, 6.45) is 2.44. The number of benzene rings is 1. The minimum Gasteiger partial charge on any atom is -0.465 e. The van der Waals surface area contributed by atoms with Gasteiger partial charge in [-0.15, -0.1) is 0 Å². The molecule has 3 rings (SSSR count). The predicted molar refractivity (Wildman–Crippen MR) is 84.7 cm³/mol. The van der Waals surface area contributed by atoms with Gasteiger partial charge in [0.2, 0.25) is 0 Å². The topological polar surface area (TPSA) is 60.8 Å². The van der Waals surface area contributed by atoms with Gasteiger partial charge in [-0.25, -0.2) is 4.79 Å². The minimum atomic E-state index is -0.912. The molecule has 1 saturated heterocycles. The Morgan fingerprint density at radius 3 is 2.41 bits per heavy atom. The molecule has 1 aliphatic carbocycles. The van der Waals surface area contributed by atoms with Crippen LogP contribution in [-0.2, 0) is 6.42 Å². The first kappa shape index (κ1) is 15.3. The summed E-state index contributed by atoms with van der Waals surface area (Å²) in [5, 5.41) is 20.9. The fourth-order valence-corrected chi connectivity index (χ4v) is 4.44. The summed E-state index contributed by atoms with van der Waals surface area (Å²) < 4.78 is 0. The summed E-state index contributed by atoms with van der Waals surface area (Å²) in [6.45, 7) is 4.45. The highest BCUT2D eigenvalue weighted by Gasteiger charge is 2.65. The average molecular weight is 303 g/mol. The molecular formula is C18H25NO3. The SMILES string of the molecule is CC(C)[C@@H]1N(C(=O)O)CC[C@]1(O)C1(Cc2ccccc2)CC1. The van der Waals surface area contributed by atoms with Crippen LogP contribution in [-0.4, -0.2) is 39.4 Å². The normalized spacial score (nSPS) is 29.8. The van der Waals surface area contributed by atoms with Crippen molar-refractivity contribution in [3.8, 4) is 0 Å². The molecule has 22 heavy (non-hydrogen) atoms. The largest absolute Gasteiger partial charge is 0.465 e. The number of rotatable bonds is 4.